The van der Waals surface area contributed by atoms with Crippen LogP contribution >= 0.6 is 0 Å². The average Bonchev–Trinajstić information content (AvgIpc) is 3.32. The molecule has 60 heavy (non-hydrogen) atoms. The van der Waals surface area contributed by atoms with Crippen molar-refractivity contribution in [2.24, 2.45) is 0 Å². The summed E-state index contributed by atoms with van der Waals surface area (Å²) < 4.78 is 0. The van der Waals surface area contributed by atoms with E-state index in [9.17, 15) is 30.6 Å². The van der Waals surface area contributed by atoms with Gasteiger partial charge in [0.2, 0.25) is 68.3 Å². The number of carbonyl (C=O) groups is 6. The first-order chi connectivity index (χ1) is 28.6. The van der Waals surface area contributed by atoms with Crippen LogP contribution < -0.4 is 0 Å². The largest absolute Gasteiger partial charge is 0.375 e. The summed E-state index contributed by atoms with van der Waals surface area (Å²) in [5.41, 5.74) is -35.0. The standard InChI is InChI=1S/C42H30N6O12/c49-31(25-7-1-13-43-19-25)37(55)38(56,32(50)26-8-2-14-44-20-26)40(58,34(52)28-10-4-16-46-22-28)42(60,36(54)30-12-6-18-48-24-30)41(59,35(53)29-11-5-17-47-23-29)39(37,57)33(51)27-9-3-15-45-21-27/h1-24,55-60H. The van der Waals surface area contributed by atoms with Gasteiger partial charge in [0.05, 0.1) is 0 Å². The van der Waals surface area contributed by atoms with Gasteiger partial charge in [0.15, 0.2) is 0 Å². The normalized spacial score (nSPS) is 27.3. The fraction of sp³-hybridized carbons (Fsp3) is 0.143. The summed E-state index contributed by atoms with van der Waals surface area (Å²) in [6.07, 6.45) is 11.0. The Labute approximate surface area is 337 Å². The van der Waals surface area contributed by atoms with Gasteiger partial charge < -0.3 is 30.6 Å². The fourth-order valence-electron chi connectivity index (χ4n) is 7.78. The third-order valence-electron chi connectivity index (χ3n) is 10.7. The molecule has 0 bridgehead atoms. The minimum absolute atomic E-state index is 0.704. The van der Waals surface area contributed by atoms with Crippen molar-refractivity contribution >= 4 is 34.7 Å². The lowest BCUT2D eigenvalue weighted by molar-refractivity contribution is -0.354. The van der Waals surface area contributed by atoms with Crippen LogP contribution in [-0.2, 0) is 0 Å². The van der Waals surface area contributed by atoms with Crippen LogP contribution in [0, 0.1) is 0 Å². The van der Waals surface area contributed by atoms with E-state index in [1.54, 1.807) is 0 Å². The molecule has 0 unspecified atom stereocenters. The maximum atomic E-state index is 15.4. The van der Waals surface area contributed by atoms with Gasteiger partial charge in [-0.3, -0.25) is 58.7 Å². The van der Waals surface area contributed by atoms with Crippen molar-refractivity contribution in [3.63, 3.8) is 0 Å². The lowest BCUT2D eigenvalue weighted by Crippen LogP contribution is -3.02. The SMILES string of the molecule is O=C(c1cccnc1)C1(O)C(O)(C(=O)c2cccnc2)C(O)(C(=O)c2cccnc2)C(O)(C(=O)c2cccnc2)C(O)(C(=O)c2cccnc2)C1(O)C(=O)c1cccnc1. The van der Waals surface area contributed by atoms with Crippen molar-refractivity contribution < 1.29 is 59.4 Å². The third kappa shape index (κ3) is 5.23. The zero-order valence-electron chi connectivity index (χ0n) is 30.7. The number of aliphatic hydroxyl groups is 6. The molecular formula is C42H30N6O12. The summed E-state index contributed by atoms with van der Waals surface area (Å²) >= 11 is 0. The predicted molar refractivity (Wildman–Crippen MR) is 201 cm³/mol. The Morgan fingerprint density at radius 1 is 0.283 bits per heavy atom. The number of carbonyl (C=O) groups excluding carboxylic acids is 6. The smallest absolute Gasteiger partial charge is 0.207 e. The number of hydrogen-bond acceptors (Lipinski definition) is 18. The van der Waals surface area contributed by atoms with Crippen LogP contribution in [0.15, 0.2) is 147 Å². The van der Waals surface area contributed by atoms with E-state index in [4.69, 9.17) is 0 Å². The monoisotopic (exact) mass is 810 g/mol. The predicted octanol–water partition coefficient (Wildman–Crippen LogP) is 0.0540. The summed E-state index contributed by atoms with van der Waals surface area (Å²) in [5, 5.41) is 81.6. The summed E-state index contributed by atoms with van der Waals surface area (Å²) in [7, 11) is 0. The Morgan fingerprint density at radius 2 is 0.417 bits per heavy atom. The zero-order valence-corrected chi connectivity index (χ0v) is 30.7. The molecule has 300 valence electrons. The number of aromatic nitrogens is 6. The maximum Gasteiger partial charge on any atom is 0.207 e. The summed E-state index contributed by atoms with van der Waals surface area (Å²) in [6, 6.07) is 11.9. The van der Waals surface area contributed by atoms with Crippen LogP contribution in [0.25, 0.3) is 0 Å². The molecule has 1 aliphatic carbocycles. The molecule has 0 spiro atoms. The molecule has 6 N–H and O–H groups in total. The molecule has 7 rings (SSSR count). The van der Waals surface area contributed by atoms with Gasteiger partial charge in [-0.1, -0.05) is 0 Å². The van der Waals surface area contributed by atoms with E-state index in [2.05, 4.69) is 29.9 Å². The van der Waals surface area contributed by atoms with Crippen LogP contribution in [0.4, 0.5) is 0 Å². The van der Waals surface area contributed by atoms with Crippen LogP contribution in [-0.4, -0.2) is 129 Å². The van der Waals surface area contributed by atoms with E-state index >= 15 is 28.8 Å². The maximum absolute atomic E-state index is 15.4. The molecule has 0 radical (unpaired) electrons. The minimum atomic E-state index is -4.95. The van der Waals surface area contributed by atoms with E-state index in [1.165, 1.54) is 0 Å². The van der Waals surface area contributed by atoms with E-state index in [0.29, 0.717) is 37.2 Å². The molecule has 0 aromatic carbocycles. The van der Waals surface area contributed by atoms with Crippen LogP contribution in [0.2, 0.25) is 0 Å². The van der Waals surface area contributed by atoms with Crippen LogP contribution in [0.5, 0.6) is 0 Å². The van der Waals surface area contributed by atoms with Crippen molar-refractivity contribution in [3.05, 3.63) is 181 Å². The van der Waals surface area contributed by atoms with E-state index in [1.807, 2.05) is 0 Å². The van der Waals surface area contributed by atoms with Gasteiger partial charge in [0.25, 0.3) is 0 Å². The van der Waals surface area contributed by atoms with Gasteiger partial charge in [-0.25, -0.2) is 0 Å². The molecule has 0 saturated heterocycles. The quantitative estimate of drug-likeness (QED) is 0.0890. The molecule has 6 heterocycles. The van der Waals surface area contributed by atoms with E-state index in [-0.39, 0.29) is 0 Å². The molecule has 1 aliphatic rings. The first-order valence-corrected chi connectivity index (χ1v) is 17.6. The molecule has 1 saturated carbocycles. The Kier molecular flexibility index (Phi) is 10.1. The fourth-order valence-corrected chi connectivity index (χ4v) is 7.78. The Bertz CT molecular complexity index is 2150. The second-order valence-electron chi connectivity index (χ2n) is 13.7. The van der Waals surface area contributed by atoms with Crippen LogP contribution in [0.1, 0.15) is 62.1 Å². The lowest BCUT2D eigenvalue weighted by Gasteiger charge is -2.68. The number of ketones is 6. The highest BCUT2D eigenvalue weighted by Crippen LogP contribution is 2.63. The summed E-state index contributed by atoms with van der Waals surface area (Å²) in [4.78, 5) is 115. The van der Waals surface area contributed by atoms with Crippen molar-refractivity contribution in [2.45, 2.75) is 33.6 Å². The number of hydrogen-bond donors (Lipinski definition) is 6. The molecule has 6 aromatic rings. The zero-order chi connectivity index (χ0) is 43.1. The van der Waals surface area contributed by atoms with E-state index in [0.717, 1.165) is 110 Å². The highest BCUT2D eigenvalue weighted by atomic mass is 16.5. The lowest BCUT2D eigenvalue weighted by atomic mass is 9.38. The first kappa shape index (κ1) is 40.9. The second kappa shape index (κ2) is 14.8. The highest BCUT2D eigenvalue weighted by Gasteiger charge is 2.98. The Balaban J connectivity index is 1.81. The third-order valence-corrected chi connectivity index (χ3v) is 10.7. The van der Waals surface area contributed by atoms with Gasteiger partial charge in [-0.2, -0.15) is 0 Å². The van der Waals surface area contributed by atoms with Crippen LogP contribution in [0.3, 0.4) is 0 Å². The Morgan fingerprint density at radius 3 is 0.517 bits per heavy atom. The Hall–Kier alpha value is -7.32. The second-order valence-corrected chi connectivity index (χ2v) is 13.7. The first-order valence-electron chi connectivity index (χ1n) is 17.6. The number of Topliss-reactive ketones (excluding diaryl/α,β-unsaturated/α-hetero) is 6. The van der Waals surface area contributed by atoms with Crippen molar-refractivity contribution in [1.82, 2.24) is 29.9 Å². The molecule has 18 nitrogen and oxygen atoms in total. The molecule has 6 aromatic heterocycles. The molecular weight excluding hydrogens is 780 g/mol. The van der Waals surface area contributed by atoms with Gasteiger partial charge in [0, 0.05) is 108 Å². The van der Waals surface area contributed by atoms with Gasteiger partial charge >= 0.3 is 0 Å². The van der Waals surface area contributed by atoms with Crippen molar-refractivity contribution in [3.8, 4) is 0 Å². The highest BCUT2D eigenvalue weighted by molar-refractivity contribution is 6.29. The average molecular weight is 811 g/mol. The molecule has 18 heteroatoms. The summed E-state index contributed by atoms with van der Waals surface area (Å²) in [6.45, 7) is 0. The number of rotatable bonds is 12. The molecule has 1 fully saturated rings. The minimum Gasteiger partial charge on any atom is -0.375 e. The molecule has 0 atom stereocenters. The number of nitrogens with zero attached hydrogens (tertiary/aromatic N) is 6. The van der Waals surface area contributed by atoms with Gasteiger partial charge in [-0.05, 0) is 72.8 Å². The van der Waals surface area contributed by atoms with E-state index < -0.39 is 102 Å². The number of pyridine rings is 6. The van der Waals surface area contributed by atoms with Gasteiger partial charge in [0.1, 0.15) is 0 Å². The van der Waals surface area contributed by atoms with Gasteiger partial charge in [-0.15, -0.1) is 0 Å². The summed E-state index contributed by atoms with van der Waals surface area (Å²) in [5.74, 6) is -12.9. The molecule has 0 aliphatic heterocycles. The topological polar surface area (TPSA) is 301 Å². The van der Waals surface area contributed by atoms with Crippen molar-refractivity contribution in [1.29, 1.82) is 0 Å². The van der Waals surface area contributed by atoms with Crippen molar-refractivity contribution in [2.75, 3.05) is 0 Å². The molecule has 0 amide bonds.